The summed E-state index contributed by atoms with van der Waals surface area (Å²) >= 11 is 0. The van der Waals surface area contributed by atoms with Crippen molar-refractivity contribution in [3.63, 3.8) is 0 Å². The molecule has 0 spiro atoms. The number of para-hydroxylation sites is 1. The SMILES string of the molecule is CCCOCCOc1cc(C(=O)O)c2ccccc2n1. The zero-order valence-corrected chi connectivity index (χ0v) is 11.3. The molecule has 0 aliphatic carbocycles. The standard InChI is InChI=1S/C15H17NO4/c1-2-7-19-8-9-20-14-10-12(15(17)18)11-5-3-4-6-13(11)16-14/h3-6,10H,2,7-9H2,1H3,(H,17,18). The highest BCUT2D eigenvalue weighted by Crippen LogP contribution is 2.21. The van der Waals surface area contributed by atoms with E-state index in [0.717, 1.165) is 6.42 Å². The molecule has 20 heavy (non-hydrogen) atoms. The second kappa shape index (κ2) is 6.86. The first kappa shape index (κ1) is 14.3. The minimum Gasteiger partial charge on any atom is -0.478 e. The van der Waals surface area contributed by atoms with Crippen LogP contribution in [0.5, 0.6) is 5.88 Å². The molecule has 0 saturated heterocycles. The summed E-state index contributed by atoms with van der Waals surface area (Å²) in [5.41, 5.74) is 0.803. The van der Waals surface area contributed by atoms with Gasteiger partial charge in [0.1, 0.15) is 6.61 Å². The van der Waals surface area contributed by atoms with E-state index in [1.807, 2.05) is 13.0 Å². The Balaban J connectivity index is 2.15. The highest BCUT2D eigenvalue weighted by atomic mass is 16.5. The molecule has 5 heteroatoms. The zero-order valence-electron chi connectivity index (χ0n) is 11.3. The molecule has 2 rings (SSSR count). The van der Waals surface area contributed by atoms with Gasteiger partial charge < -0.3 is 14.6 Å². The number of ether oxygens (including phenoxy) is 2. The quantitative estimate of drug-likeness (QED) is 0.787. The van der Waals surface area contributed by atoms with Crippen molar-refractivity contribution in [3.8, 4) is 5.88 Å². The van der Waals surface area contributed by atoms with Gasteiger partial charge in [0, 0.05) is 18.1 Å². The van der Waals surface area contributed by atoms with Crippen LogP contribution in [0.25, 0.3) is 10.9 Å². The molecule has 1 aromatic heterocycles. The number of carboxylic acids is 1. The summed E-state index contributed by atoms with van der Waals surface area (Å²) in [4.78, 5) is 15.6. The Morgan fingerprint density at radius 1 is 1.25 bits per heavy atom. The third-order valence-corrected chi connectivity index (χ3v) is 2.75. The Morgan fingerprint density at radius 3 is 2.80 bits per heavy atom. The Hall–Kier alpha value is -2.14. The third kappa shape index (κ3) is 3.45. The van der Waals surface area contributed by atoms with E-state index in [1.54, 1.807) is 18.2 Å². The summed E-state index contributed by atoms with van der Waals surface area (Å²) in [5.74, 6) is -0.683. The van der Waals surface area contributed by atoms with E-state index in [2.05, 4.69) is 4.98 Å². The van der Waals surface area contributed by atoms with E-state index >= 15 is 0 Å². The smallest absolute Gasteiger partial charge is 0.336 e. The average molecular weight is 275 g/mol. The van der Waals surface area contributed by atoms with Crippen LogP contribution < -0.4 is 4.74 Å². The van der Waals surface area contributed by atoms with Crippen LogP contribution in [0.1, 0.15) is 23.7 Å². The molecule has 0 saturated carbocycles. The normalized spacial score (nSPS) is 10.7. The fourth-order valence-electron chi connectivity index (χ4n) is 1.85. The summed E-state index contributed by atoms with van der Waals surface area (Å²) in [5, 5.41) is 9.85. The molecule has 0 fully saturated rings. The molecule has 1 N–H and O–H groups in total. The van der Waals surface area contributed by atoms with Gasteiger partial charge in [0.2, 0.25) is 5.88 Å². The van der Waals surface area contributed by atoms with Gasteiger partial charge >= 0.3 is 5.97 Å². The minimum atomic E-state index is -0.990. The number of benzene rings is 1. The zero-order chi connectivity index (χ0) is 14.4. The maximum Gasteiger partial charge on any atom is 0.336 e. The topological polar surface area (TPSA) is 68.7 Å². The van der Waals surface area contributed by atoms with Crippen LogP contribution in [-0.2, 0) is 4.74 Å². The lowest BCUT2D eigenvalue weighted by Crippen LogP contribution is -2.09. The number of nitrogens with zero attached hydrogens (tertiary/aromatic N) is 1. The van der Waals surface area contributed by atoms with Crippen LogP contribution in [0.2, 0.25) is 0 Å². The van der Waals surface area contributed by atoms with Crippen molar-refractivity contribution >= 4 is 16.9 Å². The molecule has 5 nitrogen and oxygen atoms in total. The number of pyridine rings is 1. The fraction of sp³-hybridized carbons (Fsp3) is 0.333. The molecule has 1 heterocycles. The molecule has 0 amide bonds. The molecule has 1 aromatic carbocycles. The van der Waals surface area contributed by atoms with Gasteiger partial charge in [0.25, 0.3) is 0 Å². The number of rotatable bonds is 7. The van der Waals surface area contributed by atoms with Crippen LogP contribution in [-0.4, -0.2) is 35.9 Å². The van der Waals surface area contributed by atoms with Crippen LogP contribution >= 0.6 is 0 Å². The largest absolute Gasteiger partial charge is 0.478 e. The van der Waals surface area contributed by atoms with Crippen molar-refractivity contribution < 1.29 is 19.4 Å². The van der Waals surface area contributed by atoms with E-state index in [1.165, 1.54) is 6.07 Å². The molecular weight excluding hydrogens is 258 g/mol. The number of carboxylic acid groups (broad SMARTS) is 1. The molecule has 0 aliphatic heterocycles. The Bertz CT molecular complexity index is 597. The van der Waals surface area contributed by atoms with E-state index in [4.69, 9.17) is 9.47 Å². The Kier molecular flexibility index (Phi) is 4.90. The number of fused-ring (bicyclic) bond motifs is 1. The molecule has 106 valence electrons. The first-order valence-electron chi connectivity index (χ1n) is 6.56. The molecule has 0 radical (unpaired) electrons. The first-order chi connectivity index (χ1) is 9.72. The monoisotopic (exact) mass is 275 g/mol. The van der Waals surface area contributed by atoms with E-state index < -0.39 is 5.97 Å². The van der Waals surface area contributed by atoms with Gasteiger partial charge in [-0.3, -0.25) is 0 Å². The van der Waals surface area contributed by atoms with Crippen molar-refractivity contribution in [2.45, 2.75) is 13.3 Å². The fourth-order valence-corrected chi connectivity index (χ4v) is 1.85. The molecular formula is C15H17NO4. The summed E-state index contributed by atoms with van der Waals surface area (Å²) in [6, 6.07) is 8.55. The maximum absolute atomic E-state index is 11.3. The van der Waals surface area contributed by atoms with Crippen LogP contribution in [0.4, 0.5) is 0 Å². The van der Waals surface area contributed by atoms with Gasteiger partial charge in [-0.1, -0.05) is 25.1 Å². The van der Waals surface area contributed by atoms with Gasteiger partial charge in [-0.15, -0.1) is 0 Å². The highest BCUT2D eigenvalue weighted by molar-refractivity contribution is 6.02. The molecule has 0 unspecified atom stereocenters. The van der Waals surface area contributed by atoms with Crippen LogP contribution in [0, 0.1) is 0 Å². The first-order valence-corrected chi connectivity index (χ1v) is 6.56. The van der Waals surface area contributed by atoms with Crippen molar-refractivity contribution in [2.75, 3.05) is 19.8 Å². The predicted molar refractivity (Wildman–Crippen MR) is 75.3 cm³/mol. The van der Waals surface area contributed by atoms with Crippen molar-refractivity contribution in [1.82, 2.24) is 4.98 Å². The van der Waals surface area contributed by atoms with E-state index in [-0.39, 0.29) is 5.56 Å². The second-order valence-electron chi connectivity index (χ2n) is 4.29. The molecule has 2 aromatic rings. The van der Waals surface area contributed by atoms with Gasteiger partial charge in [0.05, 0.1) is 17.7 Å². The number of aromatic carboxylic acids is 1. The van der Waals surface area contributed by atoms with Gasteiger partial charge in [-0.05, 0) is 12.5 Å². The van der Waals surface area contributed by atoms with Gasteiger partial charge in [-0.2, -0.15) is 0 Å². The summed E-state index contributed by atoms with van der Waals surface area (Å²) in [6.07, 6.45) is 0.956. The van der Waals surface area contributed by atoms with Crippen molar-refractivity contribution in [2.24, 2.45) is 0 Å². The van der Waals surface area contributed by atoms with Crippen molar-refractivity contribution in [1.29, 1.82) is 0 Å². The van der Waals surface area contributed by atoms with Crippen LogP contribution in [0.15, 0.2) is 30.3 Å². The number of hydrogen-bond acceptors (Lipinski definition) is 4. The third-order valence-electron chi connectivity index (χ3n) is 2.75. The van der Waals surface area contributed by atoms with Gasteiger partial charge in [-0.25, -0.2) is 9.78 Å². The Morgan fingerprint density at radius 2 is 2.05 bits per heavy atom. The Labute approximate surface area is 117 Å². The molecule has 0 bridgehead atoms. The second-order valence-corrected chi connectivity index (χ2v) is 4.29. The van der Waals surface area contributed by atoms with E-state index in [0.29, 0.717) is 36.6 Å². The molecule has 0 aliphatic rings. The lowest BCUT2D eigenvalue weighted by Gasteiger charge is -2.08. The number of hydrogen-bond donors (Lipinski definition) is 1. The number of carbonyl (C=O) groups is 1. The van der Waals surface area contributed by atoms with Crippen molar-refractivity contribution in [3.05, 3.63) is 35.9 Å². The van der Waals surface area contributed by atoms with Crippen LogP contribution in [0.3, 0.4) is 0 Å². The highest BCUT2D eigenvalue weighted by Gasteiger charge is 2.12. The minimum absolute atomic E-state index is 0.195. The lowest BCUT2D eigenvalue weighted by molar-refractivity contribution is 0.0698. The summed E-state index contributed by atoms with van der Waals surface area (Å²) in [7, 11) is 0. The number of aromatic nitrogens is 1. The summed E-state index contributed by atoms with van der Waals surface area (Å²) in [6.45, 7) is 3.54. The maximum atomic E-state index is 11.3. The predicted octanol–water partition coefficient (Wildman–Crippen LogP) is 2.74. The summed E-state index contributed by atoms with van der Waals surface area (Å²) < 4.78 is 10.8. The average Bonchev–Trinajstić information content (AvgIpc) is 2.46. The molecule has 0 atom stereocenters. The van der Waals surface area contributed by atoms with E-state index in [9.17, 15) is 9.90 Å². The van der Waals surface area contributed by atoms with Gasteiger partial charge in [0.15, 0.2) is 0 Å². The lowest BCUT2D eigenvalue weighted by atomic mass is 10.1.